The molecule has 1 amide bonds. The van der Waals surface area contributed by atoms with Crippen molar-refractivity contribution in [2.45, 2.75) is 13.3 Å². The molecule has 0 saturated heterocycles. The molecule has 3 aromatic rings. The SMILES string of the molecule is Cc1csc2nc(C(=O)N(C)CCc3ccncc3)cn12. The van der Waals surface area contributed by atoms with E-state index in [2.05, 4.69) is 9.97 Å². The Balaban J connectivity index is 1.69. The highest BCUT2D eigenvalue weighted by molar-refractivity contribution is 7.15. The molecule has 0 atom stereocenters. The van der Waals surface area contributed by atoms with Gasteiger partial charge < -0.3 is 4.90 Å². The fourth-order valence-electron chi connectivity index (χ4n) is 2.14. The van der Waals surface area contributed by atoms with Crippen LogP contribution >= 0.6 is 11.3 Å². The van der Waals surface area contributed by atoms with Crippen molar-refractivity contribution >= 4 is 22.2 Å². The van der Waals surface area contributed by atoms with Crippen LogP contribution in [0.15, 0.2) is 36.1 Å². The number of carbonyl (C=O) groups excluding carboxylic acids is 1. The quantitative estimate of drug-likeness (QED) is 0.743. The Kier molecular flexibility index (Phi) is 3.70. The van der Waals surface area contributed by atoms with Gasteiger partial charge in [0.1, 0.15) is 5.69 Å². The molecule has 0 N–H and O–H groups in total. The summed E-state index contributed by atoms with van der Waals surface area (Å²) in [5.41, 5.74) is 2.77. The highest BCUT2D eigenvalue weighted by atomic mass is 32.1. The Bertz CT molecular complexity index is 762. The summed E-state index contributed by atoms with van der Waals surface area (Å²) in [5.74, 6) is -0.0423. The molecular formula is C15H16N4OS. The monoisotopic (exact) mass is 300 g/mol. The fourth-order valence-corrected chi connectivity index (χ4v) is 2.99. The van der Waals surface area contributed by atoms with Crippen LogP contribution in [0.1, 0.15) is 21.7 Å². The molecule has 0 radical (unpaired) electrons. The molecule has 0 spiro atoms. The molecule has 5 nitrogen and oxygen atoms in total. The Hall–Kier alpha value is -2.21. The topological polar surface area (TPSA) is 50.5 Å². The van der Waals surface area contributed by atoms with Crippen molar-refractivity contribution in [3.63, 3.8) is 0 Å². The van der Waals surface area contributed by atoms with Crippen LogP contribution in [0.4, 0.5) is 0 Å². The number of pyridine rings is 1. The molecule has 0 unspecified atom stereocenters. The molecule has 3 rings (SSSR count). The number of aryl methyl sites for hydroxylation is 1. The van der Waals surface area contributed by atoms with Crippen LogP contribution in [-0.2, 0) is 6.42 Å². The van der Waals surface area contributed by atoms with Crippen molar-refractivity contribution in [3.05, 3.63) is 53.1 Å². The molecule has 0 aliphatic carbocycles. The molecule has 0 fully saturated rings. The van der Waals surface area contributed by atoms with Crippen LogP contribution in [0.5, 0.6) is 0 Å². The summed E-state index contributed by atoms with van der Waals surface area (Å²) in [6.07, 6.45) is 6.16. The summed E-state index contributed by atoms with van der Waals surface area (Å²) >= 11 is 1.55. The zero-order valence-electron chi connectivity index (χ0n) is 12.0. The van der Waals surface area contributed by atoms with Crippen LogP contribution in [0, 0.1) is 6.92 Å². The molecule has 0 aliphatic rings. The number of rotatable bonds is 4. The zero-order chi connectivity index (χ0) is 14.8. The molecule has 0 aromatic carbocycles. The van der Waals surface area contributed by atoms with Gasteiger partial charge in [0.25, 0.3) is 5.91 Å². The number of imidazole rings is 1. The average Bonchev–Trinajstić information content (AvgIpc) is 3.07. The van der Waals surface area contributed by atoms with Crippen LogP contribution in [0.25, 0.3) is 4.96 Å². The largest absolute Gasteiger partial charge is 0.340 e. The van der Waals surface area contributed by atoms with Gasteiger partial charge >= 0.3 is 0 Å². The van der Waals surface area contributed by atoms with E-state index in [4.69, 9.17) is 0 Å². The zero-order valence-corrected chi connectivity index (χ0v) is 12.8. The third-order valence-corrected chi connectivity index (χ3v) is 4.40. The van der Waals surface area contributed by atoms with Gasteiger partial charge in [-0.2, -0.15) is 0 Å². The predicted molar refractivity (Wildman–Crippen MR) is 82.7 cm³/mol. The molecule has 3 heterocycles. The van der Waals surface area contributed by atoms with E-state index in [1.807, 2.05) is 42.1 Å². The Morgan fingerprint density at radius 3 is 2.86 bits per heavy atom. The normalized spacial score (nSPS) is 11.0. The summed E-state index contributed by atoms with van der Waals surface area (Å²) in [6.45, 7) is 2.67. The van der Waals surface area contributed by atoms with Gasteiger partial charge in [0.2, 0.25) is 0 Å². The summed E-state index contributed by atoms with van der Waals surface area (Å²) in [4.78, 5) is 23.3. The number of hydrogen-bond acceptors (Lipinski definition) is 4. The Morgan fingerprint density at radius 2 is 2.14 bits per heavy atom. The first-order valence-electron chi connectivity index (χ1n) is 6.72. The maximum Gasteiger partial charge on any atom is 0.273 e. The number of likely N-dealkylation sites (N-methyl/N-ethyl adjacent to an activating group) is 1. The highest BCUT2D eigenvalue weighted by Gasteiger charge is 2.16. The highest BCUT2D eigenvalue weighted by Crippen LogP contribution is 2.16. The summed E-state index contributed by atoms with van der Waals surface area (Å²) in [6, 6.07) is 3.93. The van der Waals surface area contributed by atoms with E-state index < -0.39 is 0 Å². The van der Waals surface area contributed by atoms with Crippen LogP contribution in [0.2, 0.25) is 0 Å². The van der Waals surface area contributed by atoms with Gasteiger partial charge in [0, 0.05) is 43.3 Å². The maximum absolute atomic E-state index is 12.4. The number of carbonyl (C=O) groups is 1. The lowest BCUT2D eigenvalue weighted by Crippen LogP contribution is -2.29. The van der Waals surface area contributed by atoms with E-state index in [-0.39, 0.29) is 5.91 Å². The molecule has 0 saturated carbocycles. The van der Waals surface area contributed by atoms with Gasteiger partial charge in [-0.15, -0.1) is 11.3 Å². The molecule has 21 heavy (non-hydrogen) atoms. The van der Waals surface area contributed by atoms with Gasteiger partial charge in [-0.3, -0.25) is 14.2 Å². The summed E-state index contributed by atoms with van der Waals surface area (Å²) in [5, 5.41) is 2.03. The van der Waals surface area contributed by atoms with Crippen molar-refractivity contribution < 1.29 is 4.79 Å². The van der Waals surface area contributed by atoms with Crippen molar-refractivity contribution in [1.82, 2.24) is 19.3 Å². The predicted octanol–water partition coefficient (Wildman–Crippen LogP) is 2.41. The van der Waals surface area contributed by atoms with Crippen molar-refractivity contribution in [3.8, 4) is 0 Å². The van der Waals surface area contributed by atoms with Crippen molar-refractivity contribution in [2.24, 2.45) is 0 Å². The van der Waals surface area contributed by atoms with E-state index in [0.717, 1.165) is 17.1 Å². The third kappa shape index (κ3) is 2.80. The second-order valence-electron chi connectivity index (χ2n) is 4.99. The standard InChI is InChI=1S/C15H16N4OS/c1-11-10-21-15-17-13(9-19(11)15)14(20)18(2)8-5-12-3-6-16-7-4-12/h3-4,6-7,9-10H,5,8H2,1-2H3. The number of thiazole rings is 1. The second kappa shape index (κ2) is 5.65. The van der Waals surface area contributed by atoms with E-state index in [1.165, 1.54) is 5.56 Å². The smallest absolute Gasteiger partial charge is 0.273 e. The third-order valence-electron chi connectivity index (χ3n) is 3.44. The van der Waals surface area contributed by atoms with Crippen molar-refractivity contribution in [2.75, 3.05) is 13.6 Å². The number of nitrogens with zero attached hydrogens (tertiary/aromatic N) is 4. The maximum atomic E-state index is 12.4. The lowest BCUT2D eigenvalue weighted by atomic mass is 10.2. The second-order valence-corrected chi connectivity index (χ2v) is 5.82. The minimum atomic E-state index is -0.0423. The van der Waals surface area contributed by atoms with Gasteiger partial charge in [0.15, 0.2) is 4.96 Å². The number of aromatic nitrogens is 3. The van der Waals surface area contributed by atoms with Crippen LogP contribution in [0.3, 0.4) is 0 Å². The van der Waals surface area contributed by atoms with E-state index in [0.29, 0.717) is 12.2 Å². The first-order chi connectivity index (χ1) is 10.1. The van der Waals surface area contributed by atoms with Gasteiger partial charge in [-0.05, 0) is 31.0 Å². The average molecular weight is 300 g/mol. The van der Waals surface area contributed by atoms with Gasteiger partial charge in [0.05, 0.1) is 0 Å². The first-order valence-corrected chi connectivity index (χ1v) is 7.60. The molecule has 108 valence electrons. The Morgan fingerprint density at radius 1 is 1.38 bits per heavy atom. The number of hydrogen-bond donors (Lipinski definition) is 0. The first kappa shape index (κ1) is 13.8. The summed E-state index contributed by atoms with van der Waals surface area (Å²) in [7, 11) is 1.81. The molecule has 6 heteroatoms. The van der Waals surface area contributed by atoms with E-state index in [9.17, 15) is 4.79 Å². The minimum Gasteiger partial charge on any atom is -0.340 e. The lowest BCUT2D eigenvalue weighted by Gasteiger charge is -2.15. The molecule has 3 aromatic heterocycles. The lowest BCUT2D eigenvalue weighted by molar-refractivity contribution is 0.0791. The van der Waals surface area contributed by atoms with Crippen LogP contribution < -0.4 is 0 Å². The van der Waals surface area contributed by atoms with Gasteiger partial charge in [-0.25, -0.2) is 4.98 Å². The molecule has 0 aliphatic heterocycles. The number of amides is 1. The fraction of sp³-hybridized carbons (Fsp3) is 0.267. The van der Waals surface area contributed by atoms with Gasteiger partial charge in [-0.1, -0.05) is 0 Å². The van der Waals surface area contributed by atoms with Crippen molar-refractivity contribution in [1.29, 1.82) is 0 Å². The number of fused-ring (bicyclic) bond motifs is 1. The summed E-state index contributed by atoms with van der Waals surface area (Å²) < 4.78 is 1.95. The minimum absolute atomic E-state index is 0.0423. The van der Waals surface area contributed by atoms with Crippen LogP contribution in [-0.4, -0.2) is 38.8 Å². The molecule has 0 bridgehead atoms. The van der Waals surface area contributed by atoms with E-state index >= 15 is 0 Å². The molecular weight excluding hydrogens is 284 g/mol. The van der Waals surface area contributed by atoms with E-state index in [1.54, 1.807) is 28.6 Å². The Labute approximate surface area is 126 Å².